The van der Waals surface area contributed by atoms with Crippen LogP contribution in [-0.4, -0.2) is 49.3 Å². The van der Waals surface area contributed by atoms with Gasteiger partial charge in [-0.2, -0.15) is 5.10 Å². The zero-order valence-electron chi connectivity index (χ0n) is 19.8. The van der Waals surface area contributed by atoms with E-state index in [1.54, 1.807) is 59.6 Å². The summed E-state index contributed by atoms with van der Waals surface area (Å²) < 4.78 is 2.60. The number of amides is 3. The van der Waals surface area contributed by atoms with Gasteiger partial charge >= 0.3 is 11.7 Å². The maximum atomic E-state index is 13.4. The van der Waals surface area contributed by atoms with E-state index in [2.05, 4.69) is 15.1 Å². The van der Waals surface area contributed by atoms with Gasteiger partial charge in [-0.25, -0.2) is 28.8 Å². The first-order valence-electron chi connectivity index (χ1n) is 11.4. The fraction of sp³-hybridized carbons (Fsp3) is 0.200. The van der Waals surface area contributed by atoms with Crippen molar-refractivity contribution in [2.45, 2.75) is 13.3 Å². The number of urea groups is 1. The first-order chi connectivity index (χ1) is 17.4. The molecular weight excluding hydrogens is 460 g/mol. The quantitative estimate of drug-likeness (QED) is 0.446. The smallest absolute Gasteiger partial charge is 0.351 e. The number of carbonyl (C=O) groups excluding carboxylic acids is 2. The van der Waals surface area contributed by atoms with E-state index in [0.29, 0.717) is 42.4 Å². The average molecular weight is 485 g/mol. The van der Waals surface area contributed by atoms with E-state index in [1.165, 1.54) is 15.6 Å². The Morgan fingerprint density at radius 1 is 1.06 bits per heavy atom. The minimum Gasteiger partial charge on any atom is -0.366 e. The van der Waals surface area contributed by atoms with Crippen LogP contribution in [0.5, 0.6) is 0 Å². The van der Waals surface area contributed by atoms with Gasteiger partial charge in [0.25, 0.3) is 0 Å². The zero-order valence-corrected chi connectivity index (χ0v) is 19.8. The molecule has 0 radical (unpaired) electrons. The third-order valence-electron chi connectivity index (χ3n) is 6.22. The molecule has 2 N–H and O–H groups in total. The van der Waals surface area contributed by atoms with Gasteiger partial charge in [-0.15, -0.1) is 0 Å². The van der Waals surface area contributed by atoms with Gasteiger partial charge in [0.05, 0.1) is 0 Å². The van der Waals surface area contributed by atoms with E-state index >= 15 is 0 Å². The van der Waals surface area contributed by atoms with E-state index in [1.807, 2.05) is 19.1 Å². The van der Waals surface area contributed by atoms with Crippen LogP contribution in [-0.2, 0) is 13.5 Å². The summed E-state index contributed by atoms with van der Waals surface area (Å²) in [5.41, 5.74) is 8.73. The monoisotopic (exact) mass is 484 g/mol. The number of primary amides is 1. The lowest BCUT2D eigenvalue weighted by Gasteiger charge is -2.22. The first-order valence-corrected chi connectivity index (χ1v) is 11.4. The third kappa shape index (κ3) is 3.90. The molecular formula is C25H24N8O3. The van der Waals surface area contributed by atoms with Gasteiger partial charge in [0, 0.05) is 54.9 Å². The molecule has 1 aliphatic rings. The van der Waals surface area contributed by atoms with Gasteiger partial charge in [0.2, 0.25) is 5.91 Å². The summed E-state index contributed by atoms with van der Waals surface area (Å²) in [5, 5.41) is 3.96. The number of nitrogens with zero attached hydrogens (tertiary/aromatic N) is 7. The van der Waals surface area contributed by atoms with Crippen molar-refractivity contribution in [2.24, 2.45) is 12.8 Å². The summed E-state index contributed by atoms with van der Waals surface area (Å²) in [4.78, 5) is 49.4. The Hall–Kier alpha value is -4.80. The summed E-state index contributed by atoms with van der Waals surface area (Å²) in [6, 6.07) is 12.0. The van der Waals surface area contributed by atoms with Crippen LogP contribution < -0.4 is 21.2 Å². The molecule has 5 rings (SSSR count). The topological polar surface area (TPSA) is 132 Å². The summed E-state index contributed by atoms with van der Waals surface area (Å²) in [6.45, 7) is 2.91. The highest BCUT2D eigenvalue weighted by atomic mass is 16.2. The third-order valence-corrected chi connectivity index (χ3v) is 6.22. The van der Waals surface area contributed by atoms with Gasteiger partial charge < -0.3 is 5.73 Å². The Balaban J connectivity index is 1.46. The predicted octanol–water partition coefficient (Wildman–Crippen LogP) is 2.14. The Labute approximate surface area is 206 Å². The maximum absolute atomic E-state index is 13.4. The molecule has 0 bridgehead atoms. The lowest BCUT2D eigenvalue weighted by molar-refractivity contribution is 0.1000. The molecule has 1 saturated heterocycles. The standard InChI is InChI=1S/C25H24N8O3/c1-3-19-20(17-7-8-21(28-14-17)33-15-29-30(2)24(33)35)9-10-27-23(19)32-12-11-31(25(32)36)18-6-4-5-16(13-18)22(26)34/h4-10,13-15H,3,11-12H2,1-2H3,(H2,26,34). The number of carbonyl (C=O) groups is 2. The minimum atomic E-state index is -0.545. The summed E-state index contributed by atoms with van der Waals surface area (Å²) in [6.07, 6.45) is 5.44. The van der Waals surface area contributed by atoms with Crippen molar-refractivity contribution in [3.05, 3.63) is 82.8 Å². The highest BCUT2D eigenvalue weighted by Gasteiger charge is 2.33. The summed E-state index contributed by atoms with van der Waals surface area (Å²) >= 11 is 0. The van der Waals surface area contributed by atoms with Gasteiger partial charge in [-0.1, -0.05) is 13.0 Å². The van der Waals surface area contributed by atoms with Gasteiger partial charge in [-0.3, -0.25) is 14.6 Å². The minimum absolute atomic E-state index is 0.222. The summed E-state index contributed by atoms with van der Waals surface area (Å²) in [7, 11) is 1.58. The van der Waals surface area contributed by atoms with Crippen molar-refractivity contribution in [3.8, 4) is 16.9 Å². The number of aromatic nitrogens is 5. The molecule has 0 saturated carbocycles. The van der Waals surface area contributed by atoms with E-state index < -0.39 is 5.91 Å². The molecule has 1 fully saturated rings. The molecule has 0 spiro atoms. The van der Waals surface area contributed by atoms with Gasteiger partial charge in [-0.05, 0) is 48.4 Å². The largest absolute Gasteiger partial charge is 0.366 e. The Morgan fingerprint density at radius 3 is 2.53 bits per heavy atom. The van der Waals surface area contributed by atoms with Crippen LogP contribution in [0.2, 0.25) is 0 Å². The molecule has 3 amide bonds. The molecule has 0 atom stereocenters. The molecule has 36 heavy (non-hydrogen) atoms. The van der Waals surface area contributed by atoms with E-state index in [4.69, 9.17) is 5.73 Å². The molecule has 4 heterocycles. The Morgan fingerprint density at radius 2 is 1.86 bits per heavy atom. The molecule has 1 aliphatic heterocycles. The second kappa shape index (κ2) is 9.10. The zero-order chi connectivity index (χ0) is 25.4. The van der Waals surface area contributed by atoms with Crippen LogP contribution in [0.1, 0.15) is 22.8 Å². The number of pyridine rings is 2. The van der Waals surface area contributed by atoms with Crippen LogP contribution in [0.4, 0.5) is 16.3 Å². The van der Waals surface area contributed by atoms with Crippen molar-refractivity contribution in [2.75, 3.05) is 22.9 Å². The second-order valence-corrected chi connectivity index (χ2v) is 8.33. The highest BCUT2D eigenvalue weighted by Crippen LogP contribution is 2.33. The van der Waals surface area contributed by atoms with Crippen LogP contribution in [0.25, 0.3) is 16.9 Å². The van der Waals surface area contributed by atoms with Crippen molar-refractivity contribution >= 4 is 23.4 Å². The Bertz CT molecular complexity index is 1520. The molecule has 4 aromatic rings. The molecule has 1 aromatic carbocycles. The van der Waals surface area contributed by atoms with Crippen molar-refractivity contribution < 1.29 is 9.59 Å². The van der Waals surface area contributed by atoms with E-state index in [9.17, 15) is 14.4 Å². The number of hydrogen-bond donors (Lipinski definition) is 1. The highest BCUT2D eigenvalue weighted by molar-refractivity contribution is 6.07. The van der Waals surface area contributed by atoms with E-state index in [0.717, 1.165) is 16.7 Å². The summed E-state index contributed by atoms with van der Waals surface area (Å²) in [5.74, 6) is 0.505. The number of hydrogen-bond acceptors (Lipinski definition) is 6. The molecule has 3 aromatic heterocycles. The van der Waals surface area contributed by atoms with E-state index in [-0.39, 0.29) is 11.7 Å². The maximum Gasteiger partial charge on any atom is 0.351 e. The fourth-order valence-electron chi connectivity index (χ4n) is 4.36. The van der Waals surface area contributed by atoms with Crippen molar-refractivity contribution in [1.82, 2.24) is 24.3 Å². The number of benzene rings is 1. The first kappa shape index (κ1) is 23.0. The molecule has 11 heteroatoms. The van der Waals surface area contributed by atoms with Gasteiger partial charge in [0.1, 0.15) is 18.0 Å². The number of nitrogens with two attached hydrogens (primary N) is 1. The Kier molecular flexibility index (Phi) is 5.80. The lowest BCUT2D eigenvalue weighted by atomic mass is 10.0. The fourth-order valence-corrected chi connectivity index (χ4v) is 4.36. The SMILES string of the molecule is CCc1c(-c2ccc(-n3cnn(C)c3=O)nc2)ccnc1N1CCN(c2cccc(C(N)=O)c2)C1=O. The van der Waals surface area contributed by atoms with Crippen molar-refractivity contribution in [1.29, 1.82) is 0 Å². The van der Waals surface area contributed by atoms with Crippen LogP contribution in [0.3, 0.4) is 0 Å². The number of rotatable bonds is 6. The van der Waals surface area contributed by atoms with Gasteiger partial charge in [0.15, 0.2) is 0 Å². The molecule has 11 nitrogen and oxygen atoms in total. The normalized spacial score (nSPS) is 13.4. The second-order valence-electron chi connectivity index (χ2n) is 8.33. The molecule has 0 unspecified atom stereocenters. The van der Waals surface area contributed by atoms with Crippen molar-refractivity contribution in [3.63, 3.8) is 0 Å². The molecule has 0 aliphatic carbocycles. The van der Waals surface area contributed by atoms with Crippen LogP contribution in [0, 0.1) is 0 Å². The lowest BCUT2D eigenvalue weighted by Crippen LogP contribution is -2.33. The number of anilines is 2. The predicted molar refractivity (Wildman–Crippen MR) is 134 cm³/mol. The molecule has 182 valence electrons. The number of aryl methyl sites for hydroxylation is 1. The van der Waals surface area contributed by atoms with Crippen LogP contribution >= 0.6 is 0 Å². The average Bonchev–Trinajstić information content (AvgIpc) is 3.45. The van der Waals surface area contributed by atoms with Crippen LogP contribution in [0.15, 0.2) is 66.0 Å².